The largest absolute Gasteiger partial charge is 0.445 e. The number of benzene rings is 2. The maximum atomic E-state index is 12.6. The van der Waals surface area contributed by atoms with Crippen LogP contribution in [0.4, 0.5) is 9.59 Å². The molecule has 2 N–H and O–H groups in total. The van der Waals surface area contributed by atoms with Gasteiger partial charge in [0.1, 0.15) is 17.2 Å². The van der Waals surface area contributed by atoms with Gasteiger partial charge in [-0.05, 0) is 45.6 Å². The van der Waals surface area contributed by atoms with Gasteiger partial charge in [0.05, 0.1) is 11.7 Å². The Morgan fingerprint density at radius 1 is 0.971 bits per heavy atom. The molecule has 3 aromatic rings. The zero-order valence-electron chi connectivity index (χ0n) is 20.5. The Morgan fingerprint density at radius 3 is 2.34 bits per heavy atom. The van der Waals surface area contributed by atoms with Gasteiger partial charge >= 0.3 is 12.2 Å². The first-order valence-corrected chi connectivity index (χ1v) is 12.6. The molecule has 0 bridgehead atoms. The number of nitrogens with zero attached hydrogens (tertiary/aromatic N) is 1. The van der Waals surface area contributed by atoms with Gasteiger partial charge < -0.3 is 20.1 Å². The summed E-state index contributed by atoms with van der Waals surface area (Å²) in [5, 5.41) is 8.56. The lowest BCUT2D eigenvalue weighted by Gasteiger charge is -2.20. The van der Waals surface area contributed by atoms with Crippen LogP contribution in [-0.4, -0.2) is 29.3 Å². The fourth-order valence-corrected chi connectivity index (χ4v) is 4.24. The molecule has 0 fully saturated rings. The standard InChI is InChI=1S/C27H33N3O4S/c1-27(2,3)34-25(31)28-17-11-10-16-22(30-26(32)33-18-20-12-6-4-7-13-20)24-29-23(19-35-24)21-14-8-5-9-15-21/h4-9,12-15,19,22H,10-11,16-18H2,1-3H3,(H,28,31)(H,30,32)/t22-/m0/s1. The Kier molecular flexibility index (Phi) is 9.66. The summed E-state index contributed by atoms with van der Waals surface area (Å²) in [6.45, 7) is 6.19. The van der Waals surface area contributed by atoms with E-state index in [1.54, 1.807) is 0 Å². The van der Waals surface area contributed by atoms with Crippen LogP contribution in [0, 0.1) is 0 Å². The number of aromatic nitrogens is 1. The average molecular weight is 496 g/mol. The fraction of sp³-hybridized carbons (Fsp3) is 0.370. The number of amides is 2. The summed E-state index contributed by atoms with van der Waals surface area (Å²) in [6, 6.07) is 19.2. The lowest BCUT2D eigenvalue weighted by atomic mass is 10.1. The van der Waals surface area contributed by atoms with Crippen molar-refractivity contribution >= 4 is 23.5 Å². The molecule has 3 rings (SSSR count). The van der Waals surface area contributed by atoms with Crippen molar-refractivity contribution in [2.45, 2.75) is 58.3 Å². The van der Waals surface area contributed by atoms with Crippen molar-refractivity contribution in [3.05, 3.63) is 76.6 Å². The highest BCUT2D eigenvalue weighted by atomic mass is 32.1. The molecular weight excluding hydrogens is 462 g/mol. The van der Waals surface area contributed by atoms with Crippen molar-refractivity contribution < 1.29 is 19.1 Å². The van der Waals surface area contributed by atoms with Gasteiger partial charge in [0, 0.05) is 17.5 Å². The minimum Gasteiger partial charge on any atom is -0.445 e. The van der Waals surface area contributed by atoms with Crippen molar-refractivity contribution in [2.24, 2.45) is 0 Å². The molecule has 8 heteroatoms. The second-order valence-corrected chi connectivity index (χ2v) is 10.0. The third kappa shape index (κ3) is 9.41. The van der Waals surface area contributed by atoms with E-state index in [1.165, 1.54) is 11.3 Å². The molecule has 1 aromatic heterocycles. The van der Waals surface area contributed by atoms with Crippen molar-refractivity contribution in [1.29, 1.82) is 0 Å². The number of hydrogen-bond acceptors (Lipinski definition) is 6. The van der Waals surface area contributed by atoms with E-state index < -0.39 is 17.8 Å². The molecule has 1 atom stereocenters. The number of ether oxygens (including phenoxy) is 2. The minimum atomic E-state index is -0.527. The van der Waals surface area contributed by atoms with E-state index in [9.17, 15) is 9.59 Å². The zero-order chi connectivity index (χ0) is 25.1. The molecule has 0 aliphatic carbocycles. The number of thiazole rings is 1. The van der Waals surface area contributed by atoms with E-state index in [0.717, 1.165) is 34.7 Å². The van der Waals surface area contributed by atoms with Gasteiger partial charge in [0.15, 0.2) is 0 Å². The summed E-state index contributed by atoms with van der Waals surface area (Å²) in [5.41, 5.74) is 2.30. The molecule has 0 radical (unpaired) electrons. The summed E-state index contributed by atoms with van der Waals surface area (Å²) in [4.78, 5) is 29.2. The van der Waals surface area contributed by atoms with Gasteiger partial charge in [0.25, 0.3) is 0 Å². The molecule has 2 amide bonds. The smallest absolute Gasteiger partial charge is 0.408 e. The van der Waals surface area contributed by atoms with Gasteiger partial charge in [-0.3, -0.25) is 0 Å². The van der Waals surface area contributed by atoms with E-state index in [4.69, 9.17) is 14.5 Å². The molecule has 0 saturated heterocycles. The lowest BCUT2D eigenvalue weighted by Crippen LogP contribution is -2.33. The van der Waals surface area contributed by atoms with E-state index in [0.29, 0.717) is 13.0 Å². The number of hydrogen-bond donors (Lipinski definition) is 2. The Morgan fingerprint density at radius 2 is 1.66 bits per heavy atom. The number of alkyl carbamates (subject to hydrolysis) is 2. The van der Waals surface area contributed by atoms with Gasteiger partial charge in [-0.1, -0.05) is 60.7 Å². The first kappa shape index (κ1) is 26.2. The van der Waals surface area contributed by atoms with Gasteiger partial charge in [-0.15, -0.1) is 11.3 Å². The van der Waals surface area contributed by atoms with Crippen LogP contribution in [-0.2, 0) is 16.1 Å². The SMILES string of the molecule is CC(C)(C)OC(=O)NCCCC[C@H](NC(=O)OCc1ccccc1)c1nc(-c2ccccc2)cs1. The Bertz CT molecular complexity index is 1060. The number of unbranched alkanes of at least 4 members (excludes halogenated alkanes) is 1. The van der Waals surface area contributed by atoms with Gasteiger partial charge in [0.2, 0.25) is 0 Å². The summed E-state index contributed by atoms with van der Waals surface area (Å²) in [5.74, 6) is 0. The highest BCUT2D eigenvalue weighted by Gasteiger charge is 2.20. The molecule has 0 aliphatic heterocycles. The second-order valence-electron chi connectivity index (χ2n) is 9.12. The van der Waals surface area contributed by atoms with Crippen LogP contribution < -0.4 is 10.6 Å². The van der Waals surface area contributed by atoms with Crippen LogP contribution in [0.1, 0.15) is 56.6 Å². The Labute approximate surface area is 210 Å². The normalized spacial score (nSPS) is 12.0. The molecule has 1 heterocycles. The molecule has 0 saturated carbocycles. The Balaban J connectivity index is 1.57. The first-order chi connectivity index (χ1) is 16.8. The van der Waals surface area contributed by atoms with Crippen molar-refractivity contribution in [1.82, 2.24) is 15.6 Å². The highest BCUT2D eigenvalue weighted by Crippen LogP contribution is 2.28. The number of rotatable bonds is 10. The summed E-state index contributed by atoms with van der Waals surface area (Å²) in [7, 11) is 0. The Hall–Kier alpha value is -3.39. The third-order valence-corrected chi connectivity index (χ3v) is 5.94. The summed E-state index contributed by atoms with van der Waals surface area (Å²) in [6.07, 6.45) is 1.27. The van der Waals surface area contributed by atoms with Crippen molar-refractivity contribution in [2.75, 3.05) is 6.54 Å². The predicted octanol–water partition coefficient (Wildman–Crippen LogP) is 6.47. The summed E-state index contributed by atoms with van der Waals surface area (Å²) < 4.78 is 10.7. The molecule has 0 unspecified atom stereocenters. The third-order valence-electron chi connectivity index (χ3n) is 4.98. The van der Waals surface area contributed by atoms with Gasteiger partial charge in [-0.2, -0.15) is 0 Å². The minimum absolute atomic E-state index is 0.201. The molecule has 2 aromatic carbocycles. The molecular formula is C27H33N3O4S. The number of nitrogens with one attached hydrogen (secondary N) is 2. The van der Waals surface area contributed by atoms with E-state index in [-0.39, 0.29) is 12.6 Å². The van der Waals surface area contributed by atoms with Crippen LogP contribution in [0.15, 0.2) is 66.0 Å². The molecule has 186 valence electrons. The maximum absolute atomic E-state index is 12.6. The fourth-order valence-electron chi connectivity index (χ4n) is 3.33. The molecule has 0 aliphatic rings. The zero-order valence-corrected chi connectivity index (χ0v) is 21.3. The quantitative estimate of drug-likeness (QED) is 0.315. The van der Waals surface area contributed by atoms with Crippen LogP contribution >= 0.6 is 11.3 Å². The van der Waals surface area contributed by atoms with Crippen molar-refractivity contribution in [3.63, 3.8) is 0 Å². The van der Waals surface area contributed by atoms with Crippen molar-refractivity contribution in [3.8, 4) is 11.3 Å². The molecule has 0 spiro atoms. The monoisotopic (exact) mass is 495 g/mol. The number of carbonyl (C=O) groups excluding carboxylic acids is 2. The van der Waals surface area contributed by atoms with Gasteiger partial charge in [-0.25, -0.2) is 14.6 Å². The van der Waals surface area contributed by atoms with Crippen LogP contribution in [0.3, 0.4) is 0 Å². The van der Waals surface area contributed by atoms with E-state index >= 15 is 0 Å². The summed E-state index contributed by atoms with van der Waals surface area (Å²) >= 11 is 1.51. The highest BCUT2D eigenvalue weighted by molar-refractivity contribution is 7.10. The van der Waals surface area contributed by atoms with Crippen LogP contribution in [0.2, 0.25) is 0 Å². The van der Waals surface area contributed by atoms with E-state index in [2.05, 4.69) is 10.6 Å². The topological polar surface area (TPSA) is 89.6 Å². The van der Waals surface area contributed by atoms with Crippen LogP contribution in [0.25, 0.3) is 11.3 Å². The lowest BCUT2D eigenvalue weighted by molar-refractivity contribution is 0.0527. The number of carbonyl (C=O) groups is 2. The predicted molar refractivity (Wildman–Crippen MR) is 138 cm³/mol. The van der Waals surface area contributed by atoms with Crippen LogP contribution in [0.5, 0.6) is 0 Å². The second kappa shape index (κ2) is 12.9. The molecule has 7 nitrogen and oxygen atoms in total. The first-order valence-electron chi connectivity index (χ1n) is 11.7. The molecule has 35 heavy (non-hydrogen) atoms. The average Bonchev–Trinajstić information content (AvgIpc) is 3.32. The maximum Gasteiger partial charge on any atom is 0.408 e. The van der Waals surface area contributed by atoms with E-state index in [1.807, 2.05) is 86.8 Å².